The largest absolute Gasteiger partial charge is 0.454 e. The van der Waals surface area contributed by atoms with Crippen molar-refractivity contribution >= 4 is 17.4 Å². The first-order valence-corrected chi connectivity index (χ1v) is 6.65. The third kappa shape index (κ3) is 2.36. The molecule has 0 saturated carbocycles. The van der Waals surface area contributed by atoms with Gasteiger partial charge in [-0.3, -0.25) is 0 Å². The van der Waals surface area contributed by atoms with E-state index < -0.39 is 0 Å². The Morgan fingerprint density at radius 2 is 2.00 bits per heavy atom. The van der Waals surface area contributed by atoms with Crippen LogP contribution in [0.25, 0.3) is 0 Å². The smallest absolute Gasteiger partial charge is 0.231 e. The van der Waals surface area contributed by atoms with Crippen LogP contribution in [0.4, 0.5) is 5.82 Å². The van der Waals surface area contributed by atoms with Crippen LogP contribution >= 0.6 is 11.6 Å². The van der Waals surface area contributed by atoms with Crippen molar-refractivity contribution in [3.05, 3.63) is 40.3 Å². The van der Waals surface area contributed by atoms with Crippen LogP contribution in [0.15, 0.2) is 18.2 Å². The van der Waals surface area contributed by atoms with Crippen LogP contribution in [-0.4, -0.2) is 16.8 Å². The fourth-order valence-electron chi connectivity index (χ4n) is 2.00. The van der Waals surface area contributed by atoms with E-state index in [1.54, 1.807) is 0 Å². The van der Waals surface area contributed by atoms with Gasteiger partial charge >= 0.3 is 0 Å². The van der Waals surface area contributed by atoms with E-state index in [0.717, 1.165) is 28.5 Å². The summed E-state index contributed by atoms with van der Waals surface area (Å²) < 4.78 is 10.8. The molecule has 0 bridgehead atoms. The number of ether oxygens (including phenoxy) is 2. The average molecular weight is 292 g/mol. The molecule has 0 radical (unpaired) electrons. The standard InChI is InChI=1S/C14H14ClN3O2/c1-8-9(2)18-14(13(15)17-8)16-6-10-4-3-5-11-12(10)20-7-19-11/h3-5H,6-7H2,1-2H3,(H,16,18). The number of hydrogen-bond acceptors (Lipinski definition) is 5. The molecule has 0 saturated heterocycles. The summed E-state index contributed by atoms with van der Waals surface area (Å²) in [6.07, 6.45) is 0. The lowest BCUT2D eigenvalue weighted by Crippen LogP contribution is -2.06. The van der Waals surface area contributed by atoms with Gasteiger partial charge in [0.25, 0.3) is 0 Å². The molecule has 104 valence electrons. The molecule has 1 aliphatic rings. The minimum Gasteiger partial charge on any atom is -0.454 e. The first-order chi connectivity index (χ1) is 9.65. The second-order valence-electron chi connectivity index (χ2n) is 4.54. The van der Waals surface area contributed by atoms with Crippen LogP contribution < -0.4 is 14.8 Å². The van der Waals surface area contributed by atoms with Gasteiger partial charge in [0.2, 0.25) is 6.79 Å². The lowest BCUT2D eigenvalue weighted by molar-refractivity contribution is 0.173. The second kappa shape index (κ2) is 5.17. The van der Waals surface area contributed by atoms with Crippen LogP contribution in [0.5, 0.6) is 11.5 Å². The summed E-state index contributed by atoms with van der Waals surface area (Å²) in [5, 5.41) is 3.56. The first kappa shape index (κ1) is 13.0. The van der Waals surface area contributed by atoms with Gasteiger partial charge < -0.3 is 14.8 Å². The number of para-hydroxylation sites is 1. The summed E-state index contributed by atoms with van der Waals surface area (Å²) >= 11 is 6.09. The monoisotopic (exact) mass is 291 g/mol. The molecule has 1 aliphatic heterocycles. The first-order valence-electron chi connectivity index (χ1n) is 6.27. The summed E-state index contributed by atoms with van der Waals surface area (Å²) in [5.41, 5.74) is 2.68. The predicted molar refractivity (Wildman–Crippen MR) is 76.4 cm³/mol. The number of aryl methyl sites for hydroxylation is 2. The van der Waals surface area contributed by atoms with Gasteiger partial charge in [-0.15, -0.1) is 0 Å². The number of fused-ring (bicyclic) bond motifs is 1. The van der Waals surface area contributed by atoms with Gasteiger partial charge in [0.05, 0.1) is 11.4 Å². The molecule has 1 aromatic carbocycles. The highest BCUT2D eigenvalue weighted by Gasteiger charge is 2.17. The lowest BCUT2D eigenvalue weighted by atomic mass is 10.2. The zero-order valence-electron chi connectivity index (χ0n) is 11.2. The molecule has 2 aromatic rings. The summed E-state index contributed by atoms with van der Waals surface area (Å²) in [6, 6.07) is 5.79. The van der Waals surface area contributed by atoms with Crippen molar-refractivity contribution in [3.8, 4) is 11.5 Å². The molecular weight excluding hydrogens is 278 g/mol. The Kier molecular flexibility index (Phi) is 3.36. The molecule has 1 aromatic heterocycles. The quantitative estimate of drug-likeness (QED) is 0.942. The Morgan fingerprint density at radius 1 is 1.20 bits per heavy atom. The Hall–Kier alpha value is -2.01. The zero-order valence-corrected chi connectivity index (χ0v) is 12.0. The van der Waals surface area contributed by atoms with Crippen molar-refractivity contribution in [3.63, 3.8) is 0 Å². The van der Waals surface area contributed by atoms with Gasteiger partial charge in [0, 0.05) is 12.1 Å². The molecule has 2 heterocycles. The van der Waals surface area contributed by atoms with Crippen molar-refractivity contribution in [1.82, 2.24) is 9.97 Å². The minimum atomic E-state index is 0.260. The van der Waals surface area contributed by atoms with Crippen LogP contribution in [0.2, 0.25) is 5.15 Å². The molecule has 0 spiro atoms. The van der Waals surface area contributed by atoms with Gasteiger partial charge in [-0.05, 0) is 19.9 Å². The van der Waals surface area contributed by atoms with E-state index in [9.17, 15) is 0 Å². The van der Waals surface area contributed by atoms with E-state index in [2.05, 4.69) is 15.3 Å². The maximum Gasteiger partial charge on any atom is 0.231 e. The Labute approximate surface area is 121 Å². The molecule has 0 atom stereocenters. The summed E-state index contributed by atoms with van der Waals surface area (Å²) in [7, 11) is 0. The van der Waals surface area contributed by atoms with Gasteiger partial charge in [-0.25, -0.2) is 9.97 Å². The number of nitrogens with one attached hydrogen (secondary N) is 1. The van der Waals surface area contributed by atoms with Crippen molar-refractivity contribution in [2.24, 2.45) is 0 Å². The second-order valence-corrected chi connectivity index (χ2v) is 4.90. The number of hydrogen-bond donors (Lipinski definition) is 1. The van der Waals surface area contributed by atoms with E-state index in [1.165, 1.54) is 0 Å². The summed E-state index contributed by atoms with van der Waals surface area (Å²) in [6.45, 7) is 4.59. The fraction of sp³-hybridized carbons (Fsp3) is 0.286. The van der Waals surface area contributed by atoms with Gasteiger partial charge in [0.1, 0.15) is 0 Å². The van der Waals surface area contributed by atoms with E-state index in [1.807, 2.05) is 32.0 Å². The highest BCUT2D eigenvalue weighted by Crippen LogP contribution is 2.35. The average Bonchev–Trinajstić information content (AvgIpc) is 2.90. The number of aromatic nitrogens is 2. The number of rotatable bonds is 3. The molecule has 0 fully saturated rings. The number of anilines is 1. The predicted octanol–water partition coefficient (Wildman–Crippen LogP) is 3.09. The maximum absolute atomic E-state index is 6.09. The normalized spacial score (nSPS) is 12.6. The molecule has 20 heavy (non-hydrogen) atoms. The molecular formula is C14H14ClN3O2. The highest BCUT2D eigenvalue weighted by molar-refractivity contribution is 6.31. The van der Waals surface area contributed by atoms with Crippen molar-refractivity contribution < 1.29 is 9.47 Å². The molecule has 3 rings (SSSR count). The van der Waals surface area contributed by atoms with Crippen LogP contribution in [0.1, 0.15) is 17.0 Å². The highest BCUT2D eigenvalue weighted by atomic mass is 35.5. The number of halogens is 1. The number of benzene rings is 1. The molecule has 6 heteroatoms. The van der Waals surface area contributed by atoms with Gasteiger partial charge in [-0.1, -0.05) is 23.7 Å². The van der Waals surface area contributed by atoms with Crippen molar-refractivity contribution in [1.29, 1.82) is 0 Å². The fourth-order valence-corrected chi connectivity index (χ4v) is 2.23. The van der Waals surface area contributed by atoms with E-state index in [4.69, 9.17) is 21.1 Å². The minimum absolute atomic E-state index is 0.260. The molecule has 0 amide bonds. The van der Waals surface area contributed by atoms with Crippen LogP contribution in [0.3, 0.4) is 0 Å². The van der Waals surface area contributed by atoms with Crippen LogP contribution in [-0.2, 0) is 6.54 Å². The Bertz CT molecular complexity index is 661. The zero-order chi connectivity index (χ0) is 14.1. The SMILES string of the molecule is Cc1nc(Cl)c(NCc2cccc3c2OCO3)nc1C. The van der Waals surface area contributed by atoms with Crippen LogP contribution in [0, 0.1) is 13.8 Å². The van der Waals surface area contributed by atoms with Gasteiger partial charge in [0.15, 0.2) is 22.5 Å². The Balaban J connectivity index is 1.81. The third-order valence-electron chi connectivity index (χ3n) is 3.19. The lowest BCUT2D eigenvalue weighted by Gasteiger charge is -2.10. The van der Waals surface area contributed by atoms with E-state index >= 15 is 0 Å². The van der Waals surface area contributed by atoms with Gasteiger partial charge in [-0.2, -0.15) is 0 Å². The Morgan fingerprint density at radius 3 is 2.85 bits per heavy atom. The molecule has 1 N–H and O–H groups in total. The number of nitrogens with zero attached hydrogens (tertiary/aromatic N) is 2. The maximum atomic E-state index is 6.09. The topological polar surface area (TPSA) is 56.3 Å². The molecule has 0 aliphatic carbocycles. The molecule has 0 unspecified atom stereocenters. The van der Waals surface area contributed by atoms with Crippen molar-refractivity contribution in [2.75, 3.05) is 12.1 Å². The molecule has 5 nitrogen and oxygen atoms in total. The third-order valence-corrected chi connectivity index (χ3v) is 3.45. The van der Waals surface area contributed by atoms with E-state index in [0.29, 0.717) is 17.5 Å². The van der Waals surface area contributed by atoms with E-state index in [-0.39, 0.29) is 6.79 Å². The summed E-state index contributed by atoms with van der Waals surface area (Å²) in [4.78, 5) is 8.65. The van der Waals surface area contributed by atoms with Crippen molar-refractivity contribution in [2.45, 2.75) is 20.4 Å². The summed E-state index contributed by atoms with van der Waals surface area (Å²) in [5.74, 6) is 2.11.